The normalized spacial score (nSPS) is 15.0. The van der Waals surface area contributed by atoms with Crippen molar-refractivity contribution in [2.75, 3.05) is 13.7 Å². The summed E-state index contributed by atoms with van der Waals surface area (Å²) < 4.78 is 29.4. The number of esters is 1. The number of hydrogen-bond acceptors (Lipinski definition) is 5. The van der Waals surface area contributed by atoms with Gasteiger partial charge in [0.1, 0.15) is 5.82 Å². The predicted molar refractivity (Wildman–Crippen MR) is 95.8 cm³/mol. The second-order valence-corrected chi connectivity index (χ2v) is 5.61. The number of carbonyl (C=O) groups is 1. The molecular weight excluding hydrogens is 337 g/mol. The summed E-state index contributed by atoms with van der Waals surface area (Å²) in [6.45, 7) is 2.61. The number of ether oxygens (including phenoxy) is 3. The van der Waals surface area contributed by atoms with Crippen LogP contribution < -0.4 is 9.47 Å². The average molecular weight is 355 g/mol. The molecule has 0 atom stereocenters. The Morgan fingerprint density at radius 2 is 2.04 bits per heavy atom. The van der Waals surface area contributed by atoms with Crippen molar-refractivity contribution in [2.24, 2.45) is 4.99 Å². The highest BCUT2D eigenvalue weighted by atomic mass is 19.1. The fraction of sp³-hybridized carbons (Fsp3) is 0.200. The van der Waals surface area contributed by atoms with Crippen LogP contribution in [0, 0.1) is 5.82 Å². The third-order valence-corrected chi connectivity index (χ3v) is 3.64. The van der Waals surface area contributed by atoms with Gasteiger partial charge in [0, 0.05) is 5.56 Å². The second-order valence-electron chi connectivity index (χ2n) is 5.61. The summed E-state index contributed by atoms with van der Waals surface area (Å²) in [6.07, 6.45) is 2.47. The summed E-state index contributed by atoms with van der Waals surface area (Å²) in [5.41, 5.74) is 1.25. The number of cyclic esters (lactones) is 1. The standard InChI is InChI=1S/C20H18FNO4/c1-3-9-25-17-8-7-13(11-18(17)24-2)10-16-20(23)26-19(22-16)14-5-4-6-15(21)12-14/h4-8,10-12H,3,9H2,1-2H3. The Kier molecular flexibility index (Phi) is 5.31. The molecule has 1 aliphatic rings. The quantitative estimate of drug-likeness (QED) is 0.581. The lowest BCUT2D eigenvalue weighted by molar-refractivity contribution is -0.129. The SMILES string of the molecule is CCCOc1ccc(C=C2N=C(c3cccc(F)c3)OC2=O)cc1OC. The molecule has 1 aliphatic heterocycles. The molecule has 134 valence electrons. The van der Waals surface area contributed by atoms with Crippen LogP contribution in [0.5, 0.6) is 11.5 Å². The van der Waals surface area contributed by atoms with Crippen molar-refractivity contribution < 1.29 is 23.4 Å². The van der Waals surface area contributed by atoms with Crippen LogP contribution in [0.15, 0.2) is 53.2 Å². The second kappa shape index (κ2) is 7.82. The van der Waals surface area contributed by atoms with Gasteiger partial charge in [-0.15, -0.1) is 0 Å². The minimum absolute atomic E-state index is 0.0793. The van der Waals surface area contributed by atoms with Crippen molar-refractivity contribution in [3.05, 3.63) is 65.1 Å². The smallest absolute Gasteiger partial charge is 0.363 e. The van der Waals surface area contributed by atoms with Gasteiger partial charge in [0.05, 0.1) is 13.7 Å². The zero-order valence-corrected chi connectivity index (χ0v) is 14.5. The van der Waals surface area contributed by atoms with Gasteiger partial charge in [0.2, 0.25) is 5.90 Å². The van der Waals surface area contributed by atoms with E-state index in [1.54, 1.807) is 37.5 Å². The molecule has 5 nitrogen and oxygen atoms in total. The van der Waals surface area contributed by atoms with Crippen LogP contribution in [-0.4, -0.2) is 25.6 Å². The number of halogens is 1. The maximum absolute atomic E-state index is 13.3. The molecule has 3 rings (SSSR count). The first-order valence-corrected chi connectivity index (χ1v) is 8.20. The Bertz CT molecular complexity index is 889. The van der Waals surface area contributed by atoms with E-state index in [0.717, 1.165) is 6.42 Å². The number of hydrogen-bond donors (Lipinski definition) is 0. The molecule has 0 aromatic heterocycles. The van der Waals surface area contributed by atoms with Gasteiger partial charge in [-0.25, -0.2) is 14.2 Å². The molecule has 2 aromatic carbocycles. The van der Waals surface area contributed by atoms with Gasteiger partial charge >= 0.3 is 5.97 Å². The molecule has 0 aliphatic carbocycles. The molecule has 0 bridgehead atoms. The third kappa shape index (κ3) is 3.91. The van der Waals surface area contributed by atoms with E-state index in [0.29, 0.717) is 29.2 Å². The van der Waals surface area contributed by atoms with Crippen molar-refractivity contribution in [1.82, 2.24) is 0 Å². The van der Waals surface area contributed by atoms with Gasteiger partial charge in [-0.2, -0.15) is 0 Å². The average Bonchev–Trinajstić information content (AvgIpc) is 3.01. The molecule has 0 saturated heterocycles. The number of benzene rings is 2. The first-order chi connectivity index (χ1) is 12.6. The summed E-state index contributed by atoms with van der Waals surface area (Å²) in [5, 5.41) is 0. The van der Waals surface area contributed by atoms with Gasteiger partial charge in [-0.1, -0.05) is 19.1 Å². The van der Waals surface area contributed by atoms with E-state index in [9.17, 15) is 9.18 Å². The topological polar surface area (TPSA) is 57.1 Å². The van der Waals surface area contributed by atoms with Crippen molar-refractivity contribution in [1.29, 1.82) is 0 Å². The third-order valence-electron chi connectivity index (χ3n) is 3.64. The minimum atomic E-state index is -0.588. The molecule has 1 heterocycles. The maximum atomic E-state index is 13.3. The Labute approximate surface area is 150 Å². The zero-order chi connectivity index (χ0) is 18.5. The molecule has 2 aromatic rings. The molecular formula is C20H18FNO4. The van der Waals surface area contributed by atoms with Crippen molar-refractivity contribution in [2.45, 2.75) is 13.3 Å². The van der Waals surface area contributed by atoms with Crippen LogP contribution in [0.25, 0.3) is 6.08 Å². The van der Waals surface area contributed by atoms with Crippen LogP contribution in [0.3, 0.4) is 0 Å². The lowest BCUT2D eigenvalue weighted by Gasteiger charge is -2.10. The summed E-state index contributed by atoms with van der Waals surface area (Å²) in [7, 11) is 1.55. The Balaban J connectivity index is 1.88. The monoisotopic (exact) mass is 355 g/mol. The number of carbonyl (C=O) groups excluding carboxylic acids is 1. The molecule has 0 unspecified atom stereocenters. The number of aliphatic imine (C=N–C) groups is 1. The minimum Gasteiger partial charge on any atom is -0.493 e. The van der Waals surface area contributed by atoms with E-state index in [4.69, 9.17) is 14.2 Å². The lowest BCUT2D eigenvalue weighted by atomic mass is 10.1. The largest absolute Gasteiger partial charge is 0.493 e. The Morgan fingerprint density at radius 1 is 1.19 bits per heavy atom. The van der Waals surface area contributed by atoms with Crippen molar-refractivity contribution in [3.63, 3.8) is 0 Å². The van der Waals surface area contributed by atoms with E-state index in [1.165, 1.54) is 18.2 Å². The van der Waals surface area contributed by atoms with Crippen LogP contribution in [0.1, 0.15) is 24.5 Å². The highest BCUT2D eigenvalue weighted by Crippen LogP contribution is 2.30. The molecule has 0 amide bonds. The number of rotatable bonds is 6. The van der Waals surface area contributed by atoms with Crippen molar-refractivity contribution in [3.8, 4) is 11.5 Å². The zero-order valence-electron chi connectivity index (χ0n) is 14.5. The highest BCUT2D eigenvalue weighted by Gasteiger charge is 2.24. The lowest BCUT2D eigenvalue weighted by Crippen LogP contribution is -2.05. The number of nitrogens with zero attached hydrogens (tertiary/aromatic N) is 1. The highest BCUT2D eigenvalue weighted by molar-refractivity contribution is 6.12. The summed E-state index contributed by atoms with van der Waals surface area (Å²) in [6, 6.07) is 11.1. The van der Waals surface area contributed by atoms with E-state index in [1.807, 2.05) is 6.92 Å². The Morgan fingerprint density at radius 3 is 2.77 bits per heavy atom. The van der Waals surface area contributed by atoms with Gasteiger partial charge in [-0.3, -0.25) is 0 Å². The van der Waals surface area contributed by atoms with E-state index < -0.39 is 11.8 Å². The summed E-state index contributed by atoms with van der Waals surface area (Å²) >= 11 is 0. The van der Waals surface area contributed by atoms with Crippen LogP contribution in [0.2, 0.25) is 0 Å². The van der Waals surface area contributed by atoms with Crippen LogP contribution in [-0.2, 0) is 9.53 Å². The number of methoxy groups -OCH3 is 1. The van der Waals surface area contributed by atoms with E-state index in [2.05, 4.69) is 4.99 Å². The fourth-order valence-corrected chi connectivity index (χ4v) is 2.42. The van der Waals surface area contributed by atoms with Gasteiger partial charge in [-0.05, 0) is 48.4 Å². The summed E-state index contributed by atoms with van der Waals surface area (Å²) in [4.78, 5) is 16.2. The molecule has 26 heavy (non-hydrogen) atoms. The first-order valence-electron chi connectivity index (χ1n) is 8.20. The Hall–Kier alpha value is -3.15. The first kappa shape index (κ1) is 17.7. The fourth-order valence-electron chi connectivity index (χ4n) is 2.42. The molecule has 0 radical (unpaired) electrons. The van der Waals surface area contributed by atoms with Crippen LogP contribution >= 0.6 is 0 Å². The molecule has 0 spiro atoms. The summed E-state index contributed by atoms with van der Waals surface area (Å²) in [5.74, 6) is 0.263. The van der Waals surface area contributed by atoms with Gasteiger partial charge < -0.3 is 14.2 Å². The molecule has 6 heteroatoms. The predicted octanol–water partition coefficient (Wildman–Crippen LogP) is 3.97. The van der Waals surface area contributed by atoms with E-state index in [-0.39, 0.29) is 11.6 Å². The molecule has 0 fully saturated rings. The molecule has 0 N–H and O–H groups in total. The van der Waals surface area contributed by atoms with Gasteiger partial charge in [0.15, 0.2) is 17.2 Å². The molecule has 0 saturated carbocycles. The van der Waals surface area contributed by atoms with Gasteiger partial charge in [0.25, 0.3) is 0 Å². The van der Waals surface area contributed by atoms with Crippen molar-refractivity contribution >= 4 is 17.9 Å². The van der Waals surface area contributed by atoms with E-state index >= 15 is 0 Å². The van der Waals surface area contributed by atoms with Crippen LogP contribution in [0.4, 0.5) is 4.39 Å². The maximum Gasteiger partial charge on any atom is 0.363 e.